The van der Waals surface area contributed by atoms with E-state index in [2.05, 4.69) is 36.6 Å². The van der Waals surface area contributed by atoms with Crippen LogP contribution in [0.15, 0.2) is 24.3 Å². The highest BCUT2D eigenvalue weighted by molar-refractivity contribution is 5.38. The van der Waals surface area contributed by atoms with Gasteiger partial charge in [-0.05, 0) is 17.0 Å². The smallest absolute Gasteiger partial charge is 0.123 e. The molecule has 1 atom stereocenters. The number of para-hydroxylation sites is 1. The minimum Gasteiger partial charge on any atom is -0.491 e. The lowest BCUT2D eigenvalue weighted by atomic mass is 9.86. The average molecular weight is 336 g/mol. The van der Waals surface area contributed by atoms with Gasteiger partial charge in [-0.25, -0.2) is 0 Å². The first-order valence-corrected chi connectivity index (χ1v) is 8.86. The van der Waals surface area contributed by atoms with Gasteiger partial charge < -0.3 is 14.9 Å². The zero-order chi connectivity index (χ0) is 17.6. The van der Waals surface area contributed by atoms with Gasteiger partial charge in [0, 0.05) is 39.3 Å². The molecule has 1 aromatic rings. The maximum atomic E-state index is 10.3. The molecule has 1 saturated heterocycles. The van der Waals surface area contributed by atoms with Gasteiger partial charge in [0.2, 0.25) is 0 Å². The SMILES string of the molecule is CC(C)(C)c1ccccc1OC[C@@H](O)CN1CCN(CCO)CC1. The number of hydrogen-bond acceptors (Lipinski definition) is 5. The highest BCUT2D eigenvalue weighted by atomic mass is 16.5. The van der Waals surface area contributed by atoms with E-state index in [1.807, 2.05) is 18.2 Å². The Morgan fingerprint density at radius 1 is 1.08 bits per heavy atom. The number of aliphatic hydroxyl groups excluding tert-OH is 2. The maximum absolute atomic E-state index is 10.3. The van der Waals surface area contributed by atoms with Crippen molar-refractivity contribution in [1.29, 1.82) is 0 Å². The third-order valence-electron chi connectivity index (χ3n) is 4.48. The average Bonchev–Trinajstić information content (AvgIpc) is 2.54. The topological polar surface area (TPSA) is 56.2 Å². The van der Waals surface area contributed by atoms with Gasteiger partial charge in [0.15, 0.2) is 0 Å². The molecule has 5 nitrogen and oxygen atoms in total. The number of piperazine rings is 1. The molecule has 0 aromatic heterocycles. The van der Waals surface area contributed by atoms with Crippen LogP contribution in [0.4, 0.5) is 0 Å². The monoisotopic (exact) mass is 336 g/mol. The molecule has 1 aromatic carbocycles. The summed E-state index contributed by atoms with van der Waals surface area (Å²) in [5.74, 6) is 0.858. The molecule has 1 heterocycles. The van der Waals surface area contributed by atoms with E-state index >= 15 is 0 Å². The van der Waals surface area contributed by atoms with Crippen molar-refractivity contribution in [3.8, 4) is 5.75 Å². The molecule has 1 aliphatic rings. The molecule has 0 aliphatic carbocycles. The van der Waals surface area contributed by atoms with E-state index in [1.54, 1.807) is 0 Å². The van der Waals surface area contributed by atoms with E-state index < -0.39 is 6.10 Å². The van der Waals surface area contributed by atoms with Gasteiger partial charge in [-0.3, -0.25) is 9.80 Å². The van der Waals surface area contributed by atoms with Crippen LogP contribution in [0.5, 0.6) is 5.75 Å². The van der Waals surface area contributed by atoms with Crippen molar-refractivity contribution in [2.24, 2.45) is 0 Å². The zero-order valence-electron chi connectivity index (χ0n) is 15.2. The Balaban J connectivity index is 1.79. The minimum atomic E-state index is -0.498. The number of aliphatic hydroxyl groups is 2. The molecule has 2 N–H and O–H groups in total. The van der Waals surface area contributed by atoms with Crippen molar-refractivity contribution in [2.75, 3.05) is 52.5 Å². The third-order valence-corrected chi connectivity index (χ3v) is 4.48. The van der Waals surface area contributed by atoms with Crippen molar-refractivity contribution in [3.63, 3.8) is 0 Å². The predicted molar refractivity (Wildman–Crippen MR) is 96.6 cm³/mol. The van der Waals surface area contributed by atoms with Crippen molar-refractivity contribution in [2.45, 2.75) is 32.3 Å². The largest absolute Gasteiger partial charge is 0.491 e. The Morgan fingerprint density at radius 3 is 2.33 bits per heavy atom. The fourth-order valence-corrected chi connectivity index (χ4v) is 3.09. The normalized spacial score (nSPS) is 18.5. The van der Waals surface area contributed by atoms with Crippen LogP contribution >= 0.6 is 0 Å². The van der Waals surface area contributed by atoms with Gasteiger partial charge in [0.05, 0.1) is 6.61 Å². The lowest BCUT2D eigenvalue weighted by Crippen LogP contribution is -2.49. The summed E-state index contributed by atoms with van der Waals surface area (Å²) in [5, 5.41) is 19.3. The molecule has 0 bridgehead atoms. The first-order chi connectivity index (χ1) is 11.4. The number of hydrogen-bond donors (Lipinski definition) is 2. The summed E-state index contributed by atoms with van der Waals surface area (Å²) in [4.78, 5) is 4.51. The molecule has 5 heteroatoms. The quantitative estimate of drug-likeness (QED) is 0.787. The summed E-state index contributed by atoms with van der Waals surface area (Å²) in [6.07, 6.45) is -0.498. The van der Waals surface area contributed by atoms with Gasteiger partial charge in [-0.15, -0.1) is 0 Å². The molecule has 136 valence electrons. The van der Waals surface area contributed by atoms with Crippen LogP contribution in [0.2, 0.25) is 0 Å². The molecular weight excluding hydrogens is 304 g/mol. The molecule has 0 amide bonds. The first kappa shape index (κ1) is 19.2. The standard InChI is InChI=1S/C19H32N2O3/c1-19(2,3)17-6-4-5-7-18(17)24-15-16(23)14-21-10-8-20(9-11-21)12-13-22/h4-7,16,22-23H,8-15H2,1-3H3/t16-/m0/s1. The van der Waals surface area contributed by atoms with Crippen molar-refractivity contribution in [3.05, 3.63) is 29.8 Å². The van der Waals surface area contributed by atoms with E-state index in [1.165, 1.54) is 0 Å². The molecule has 0 spiro atoms. The van der Waals surface area contributed by atoms with Crippen LogP contribution < -0.4 is 4.74 Å². The number of nitrogens with zero attached hydrogens (tertiary/aromatic N) is 2. The number of β-amino-alcohol motifs (C(OH)–C–C–N with tert-alkyl or cyclic N) is 2. The summed E-state index contributed by atoms with van der Waals surface area (Å²) in [6.45, 7) is 12.1. The van der Waals surface area contributed by atoms with Gasteiger partial charge in [0.25, 0.3) is 0 Å². The van der Waals surface area contributed by atoms with Crippen LogP contribution in [-0.2, 0) is 5.41 Å². The zero-order valence-corrected chi connectivity index (χ0v) is 15.2. The van der Waals surface area contributed by atoms with E-state index in [4.69, 9.17) is 9.84 Å². The summed E-state index contributed by atoms with van der Waals surface area (Å²) >= 11 is 0. The van der Waals surface area contributed by atoms with Crippen LogP contribution in [0.25, 0.3) is 0 Å². The third kappa shape index (κ3) is 5.74. The highest BCUT2D eigenvalue weighted by Gasteiger charge is 2.21. The molecular formula is C19H32N2O3. The predicted octanol–water partition coefficient (Wildman–Crippen LogP) is 1.33. The van der Waals surface area contributed by atoms with Crippen LogP contribution in [0.3, 0.4) is 0 Å². The molecule has 1 fully saturated rings. The summed E-state index contributed by atoms with van der Waals surface area (Å²) < 4.78 is 5.91. The molecule has 2 rings (SSSR count). The van der Waals surface area contributed by atoms with Crippen LogP contribution in [0, 0.1) is 0 Å². The number of ether oxygens (including phenoxy) is 1. The minimum absolute atomic E-state index is 0.0184. The maximum Gasteiger partial charge on any atom is 0.123 e. The molecule has 24 heavy (non-hydrogen) atoms. The van der Waals surface area contributed by atoms with Crippen molar-refractivity contribution in [1.82, 2.24) is 9.80 Å². The number of benzene rings is 1. The molecule has 1 aliphatic heterocycles. The van der Waals surface area contributed by atoms with Gasteiger partial charge in [0.1, 0.15) is 18.5 Å². The Kier molecular flexibility index (Phi) is 7.04. The molecule has 0 unspecified atom stereocenters. The van der Waals surface area contributed by atoms with Gasteiger partial charge >= 0.3 is 0 Å². The molecule has 0 radical (unpaired) electrons. The molecule has 0 saturated carbocycles. The fourth-order valence-electron chi connectivity index (χ4n) is 3.09. The summed E-state index contributed by atoms with van der Waals surface area (Å²) in [7, 11) is 0. The number of rotatable bonds is 7. The summed E-state index contributed by atoms with van der Waals surface area (Å²) in [6, 6.07) is 8.05. The van der Waals surface area contributed by atoms with E-state index in [0.29, 0.717) is 13.2 Å². The second-order valence-electron chi connectivity index (χ2n) is 7.58. The second kappa shape index (κ2) is 8.81. The Bertz CT molecular complexity index is 494. The Morgan fingerprint density at radius 2 is 1.71 bits per heavy atom. The lowest BCUT2D eigenvalue weighted by molar-refractivity contribution is 0.0424. The van der Waals surface area contributed by atoms with Gasteiger partial charge in [-0.1, -0.05) is 39.0 Å². The van der Waals surface area contributed by atoms with E-state index in [9.17, 15) is 5.11 Å². The van der Waals surface area contributed by atoms with Crippen LogP contribution in [0.1, 0.15) is 26.3 Å². The van der Waals surface area contributed by atoms with E-state index in [0.717, 1.165) is 44.0 Å². The fraction of sp³-hybridized carbons (Fsp3) is 0.684. The Hall–Kier alpha value is -1.14. The van der Waals surface area contributed by atoms with E-state index in [-0.39, 0.29) is 12.0 Å². The highest BCUT2D eigenvalue weighted by Crippen LogP contribution is 2.30. The van der Waals surface area contributed by atoms with Gasteiger partial charge in [-0.2, -0.15) is 0 Å². The summed E-state index contributed by atoms with van der Waals surface area (Å²) in [5.41, 5.74) is 1.18. The second-order valence-corrected chi connectivity index (χ2v) is 7.58. The Labute approximate surface area is 145 Å². The first-order valence-electron chi connectivity index (χ1n) is 8.86. The lowest BCUT2D eigenvalue weighted by Gasteiger charge is -2.35. The van der Waals surface area contributed by atoms with Crippen molar-refractivity contribution >= 4 is 0 Å². The van der Waals surface area contributed by atoms with Crippen LogP contribution in [-0.4, -0.2) is 78.6 Å². The van der Waals surface area contributed by atoms with Crippen molar-refractivity contribution < 1.29 is 14.9 Å².